The number of hydrogen-bond acceptors (Lipinski definition) is 3. The third-order valence-electron chi connectivity index (χ3n) is 1.43. The molecule has 3 nitrogen and oxygen atoms in total. The Labute approximate surface area is 76.5 Å². The quantitative estimate of drug-likeness (QED) is 0.402. The van der Waals surface area contributed by atoms with E-state index in [-0.39, 0.29) is 0 Å². The standard InChI is InChI=1S/C7H18O3Si2/c1-6-7(8,9)11(2)10-12(3,4)5/h6,8-9,11H,1H2,2-5H3. The zero-order chi connectivity index (χ0) is 9.99. The van der Waals surface area contributed by atoms with E-state index in [9.17, 15) is 10.2 Å². The average molecular weight is 206 g/mol. The van der Waals surface area contributed by atoms with Crippen LogP contribution >= 0.6 is 0 Å². The SMILES string of the molecule is C=CC(O)(O)[SiH](C)O[Si](C)(C)C. The minimum Gasteiger partial charge on any atom is -0.454 e. The summed E-state index contributed by atoms with van der Waals surface area (Å²) in [4.78, 5) is 0. The third-order valence-corrected chi connectivity index (χ3v) is 7.10. The van der Waals surface area contributed by atoms with Gasteiger partial charge >= 0.3 is 0 Å². The second kappa shape index (κ2) is 3.84. The van der Waals surface area contributed by atoms with Crippen molar-refractivity contribution in [3.05, 3.63) is 12.7 Å². The molecule has 12 heavy (non-hydrogen) atoms. The first kappa shape index (κ1) is 12.1. The molecule has 0 bridgehead atoms. The lowest BCUT2D eigenvalue weighted by atomic mass is 10.6. The van der Waals surface area contributed by atoms with Crippen LogP contribution in [0.15, 0.2) is 12.7 Å². The Hall–Kier alpha value is 0.0538. The topological polar surface area (TPSA) is 49.7 Å². The molecule has 0 heterocycles. The van der Waals surface area contributed by atoms with Gasteiger partial charge in [0, 0.05) is 0 Å². The van der Waals surface area contributed by atoms with Gasteiger partial charge in [0.05, 0.1) is 0 Å². The number of rotatable bonds is 4. The Balaban J connectivity index is 4.22. The van der Waals surface area contributed by atoms with Crippen LogP contribution < -0.4 is 0 Å². The maximum Gasteiger partial charge on any atom is 0.232 e. The van der Waals surface area contributed by atoms with Crippen LogP contribution in [-0.4, -0.2) is 33.0 Å². The minimum atomic E-state index is -1.98. The predicted octanol–water partition coefficient (Wildman–Crippen LogP) is 0.598. The molecule has 0 amide bonds. The molecule has 0 fully saturated rings. The Kier molecular flexibility index (Phi) is 3.86. The fraction of sp³-hybridized carbons (Fsp3) is 0.714. The van der Waals surface area contributed by atoms with E-state index in [1.807, 2.05) is 19.6 Å². The summed E-state index contributed by atoms with van der Waals surface area (Å²) in [6.45, 7) is 11.2. The van der Waals surface area contributed by atoms with Gasteiger partial charge < -0.3 is 14.3 Å². The summed E-state index contributed by atoms with van der Waals surface area (Å²) in [5.41, 5.74) is -1.78. The van der Waals surface area contributed by atoms with Gasteiger partial charge in [0.15, 0.2) is 13.7 Å². The highest BCUT2D eigenvalue weighted by Crippen LogP contribution is 2.13. The molecule has 0 radical (unpaired) electrons. The largest absolute Gasteiger partial charge is 0.454 e. The van der Waals surface area contributed by atoms with E-state index in [4.69, 9.17) is 4.12 Å². The smallest absolute Gasteiger partial charge is 0.232 e. The molecule has 2 N–H and O–H groups in total. The summed E-state index contributed by atoms with van der Waals surface area (Å²) in [5.74, 6) is 0. The summed E-state index contributed by atoms with van der Waals surface area (Å²) < 4.78 is 5.60. The van der Waals surface area contributed by atoms with Gasteiger partial charge in [0.25, 0.3) is 0 Å². The van der Waals surface area contributed by atoms with Crippen LogP contribution in [-0.2, 0) is 4.12 Å². The van der Waals surface area contributed by atoms with Crippen molar-refractivity contribution < 1.29 is 14.3 Å². The van der Waals surface area contributed by atoms with E-state index in [1.165, 1.54) is 0 Å². The molecule has 0 aromatic heterocycles. The average Bonchev–Trinajstić information content (AvgIpc) is 1.84. The molecule has 0 saturated carbocycles. The monoisotopic (exact) mass is 206 g/mol. The molecule has 0 rings (SSSR count). The highest BCUT2D eigenvalue weighted by Gasteiger charge is 2.33. The van der Waals surface area contributed by atoms with E-state index >= 15 is 0 Å². The first-order valence-corrected chi connectivity index (χ1v) is 9.56. The molecular formula is C7H18O3Si2. The molecule has 1 unspecified atom stereocenters. The molecule has 0 aromatic rings. The number of hydrogen-bond donors (Lipinski definition) is 2. The number of aliphatic hydroxyl groups is 2. The van der Waals surface area contributed by atoms with Gasteiger partial charge in [0.2, 0.25) is 9.04 Å². The molecular weight excluding hydrogens is 188 g/mol. The van der Waals surface area contributed by atoms with Crippen LogP contribution in [0.5, 0.6) is 0 Å². The van der Waals surface area contributed by atoms with Gasteiger partial charge in [-0.15, -0.1) is 0 Å². The minimum absolute atomic E-state index is 1.14. The maximum atomic E-state index is 9.35. The zero-order valence-corrected chi connectivity index (χ0v) is 10.3. The van der Waals surface area contributed by atoms with Gasteiger partial charge in [0.1, 0.15) is 0 Å². The predicted molar refractivity (Wildman–Crippen MR) is 54.8 cm³/mol. The molecule has 0 aliphatic rings. The molecule has 0 spiro atoms. The Morgan fingerprint density at radius 3 is 2.08 bits per heavy atom. The molecule has 5 heteroatoms. The highest BCUT2D eigenvalue weighted by atomic mass is 28.4. The van der Waals surface area contributed by atoms with Crippen LogP contribution in [0.2, 0.25) is 26.2 Å². The van der Waals surface area contributed by atoms with Crippen molar-refractivity contribution >= 4 is 17.4 Å². The Morgan fingerprint density at radius 2 is 1.83 bits per heavy atom. The van der Waals surface area contributed by atoms with E-state index in [0.29, 0.717) is 0 Å². The lowest BCUT2D eigenvalue weighted by Crippen LogP contribution is -2.49. The lowest BCUT2D eigenvalue weighted by Gasteiger charge is -2.30. The van der Waals surface area contributed by atoms with Crippen LogP contribution in [0.1, 0.15) is 0 Å². The summed E-state index contributed by atoms with van der Waals surface area (Å²) in [5, 5.41) is 18.7. The van der Waals surface area contributed by atoms with Crippen LogP contribution in [0, 0.1) is 0 Å². The molecule has 0 aromatic carbocycles. The van der Waals surface area contributed by atoms with Crippen molar-refractivity contribution in [1.82, 2.24) is 0 Å². The van der Waals surface area contributed by atoms with Crippen molar-refractivity contribution in [2.45, 2.75) is 31.6 Å². The van der Waals surface area contributed by atoms with Crippen LogP contribution in [0.3, 0.4) is 0 Å². The van der Waals surface area contributed by atoms with Crippen molar-refractivity contribution in [3.63, 3.8) is 0 Å². The molecule has 0 aliphatic carbocycles. The van der Waals surface area contributed by atoms with E-state index in [1.54, 1.807) is 6.55 Å². The normalized spacial score (nSPS) is 15.8. The first-order valence-electron chi connectivity index (χ1n) is 3.95. The molecule has 1 atom stereocenters. The summed E-state index contributed by atoms with van der Waals surface area (Å²) in [6.07, 6.45) is 1.14. The lowest BCUT2D eigenvalue weighted by molar-refractivity contribution is -0.0567. The van der Waals surface area contributed by atoms with Gasteiger partial charge in [-0.1, -0.05) is 6.58 Å². The Bertz CT molecular complexity index is 163. The van der Waals surface area contributed by atoms with E-state index in [2.05, 4.69) is 6.58 Å². The second-order valence-electron chi connectivity index (χ2n) is 3.86. The zero-order valence-electron chi connectivity index (χ0n) is 8.16. The van der Waals surface area contributed by atoms with E-state index < -0.39 is 22.8 Å². The summed E-state index contributed by atoms with van der Waals surface area (Å²) >= 11 is 0. The van der Waals surface area contributed by atoms with Gasteiger partial charge in [-0.25, -0.2) is 0 Å². The van der Waals surface area contributed by atoms with Crippen LogP contribution in [0.4, 0.5) is 0 Å². The Morgan fingerprint density at radius 1 is 1.42 bits per heavy atom. The highest BCUT2D eigenvalue weighted by molar-refractivity contribution is 6.77. The van der Waals surface area contributed by atoms with Crippen molar-refractivity contribution in [1.29, 1.82) is 0 Å². The molecule has 0 saturated heterocycles. The first-order chi connectivity index (χ1) is 5.19. The van der Waals surface area contributed by atoms with Gasteiger partial charge in [-0.05, 0) is 32.3 Å². The van der Waals surface area contributed by atoms with E-state index in [0.717, 1.165) is 6.08 Å². The summed E-state index contributed by atoms with van der Waals surface area (Å²) in [6, 6.07) is 0. The van der Waals surface area contributed by atoms with Crippen LogP contribution in [0.25, 0.3) is 0 Å². The molecule has 72 valence electrons. The van der Waals surface area contributed by atoms with Crippen molar-refractivity contribution in [2.24, 2.45) is 0 Å². The second-order valence-corrected chi connectivity index (χ2v) is 11.2. The maximum absolute atomic E-state index is 9.35. The fourth-order valence-electron chi connectivity index (χ4n) is 0.783. The molecule has 0 aliphatic heterocycles. The van der Waals surface area contributed by atoms with Crippen molar-refractivity contribution in [2.75, 3.05) is 0 Å². The van der Waals surface area contributed by atoms with Gasteiger partial charge in [-0.2, -0.15) is 0 Å². The van der Waals surface area contributed by atoms with Gasteiger partial charge in [-0.3, -0.25) is 0 Å². The summed E-state index contributed by atoms with van der Waals surface area (Å²) in [7, 11) is -3.63. The van der Waals surface area contributed by atoms with Crippen molar-refractivity contribution in [3.8, 4) is 0 Å². The third kappa shape index (κ3) is 4.17. The fourth-order valence-corrected chi connectivity index (χ4v) is 6.05.